The Morgan fingerprint density at radius 2 is 1.71 bits per heavy atom. The minimum Gasteiger partial charge on any atom is -0.298 e. The number of benzene rings is 1. The van der Waals surface area contributed by atoms with E-state index in [1.807, 2.05) is 0 Å². The zero-order chi connectivity index (χ0) is 17.1. The first-order valence-corrected chi connectivity index (χ1v) is 10.2. The van der Waals surface area contributed by atoms with E-state index < -0.39 is 21.7 Å². The quantitative estimate of drug-likeness (QED) is 0.834. The Morgan fingerprint density at radius 1 is 1.08 bits per heavy atom. The second kappa shape index (κ2) is 5.75. The predicted octanol–water partition coefficient (Wildman–Crippen LogP) is 2.18. The van der Waals surface area contributed by atoms with Gasteiger partial charge in [0.1, 0.15) is 11.6 Å². The van der Waals surface area contributed by atoms with E-state index in [1.165, 1.54) is 12.1 Å². The van der Waals surface area contributed by atoms with Crippen LogP contribution in [0.2, 0.25) is 0 Å². The van der Waals surface area contributed by atoms with Crippen LogP contribution in [0.4, 0.5) is 8.78 Å². The Morgan fingerprint density at radius 3 is 2.29 bits per heavy atom. The van der Waals surface area contributed by atoms with Crippen LogP contribution < -0.4 is 0 Å². The van der Waals surface area contributed by atoms with Gasteiger partial charge >= 0.3 is 0 Å². The van der Waals surface area contributed by atoms with Crippen LogP contribution in [0.3, 0.4) is 0 Å². The smallest absolute Gasteiger partial charge is 0.214 e. The highest BCUT2D eigenvalue weighted by Crippen LogP contribution is 2.47. The molecular weight excluding hydrogens is 334 g/mol. The van der Waals surface area contributed by atoms with Crippen molar-refractivity contribution in [3.05, 3.63) is 35.4 Å². The number of halogens is 2. The standard InChI is InChI=1S/C17H22F2N2O2S/c1-2-24(22,23)21-10-15(12-7-13(18)9-14(19)8-12)17-16(21)11-3-5-20(17)6-4-11/h7-9,11,15-17H,2-6,10H2,1H3/t15-,16+,17+/m0/s1. The van der Waals surface area contributed by atoms with Crippen molar-refractivity contribution in [3.63, 3.8) is 0 Å². The van der Waals surface area contributed by atoms with E-state index in [4.69, 9.17) is 0 Å². The van der Waals surface area contributed by atoms with E-state index in [0.29, 0.717) is 18.0 Å². The SMILES string of the molecule is CCS(=O)(=O)N1C[C@@H](c2cc(F)cc(F)c2)[C@@H]2[C@H]1C1CCN2CC1. The summed E-state index contributed by atoms with van der Waals surface area (Å²) in [4.78, 5) is 2.32. The minimum atomic E-state index is -3.33. The highest BCUT2D eigenvalue weighted by atomic mass is 32.2. The molecule has 7 heteroatoms. The summed E-state index contributed by atoms with van der Waals surface area (Å²) in [6.45, 7) is 3.86. The molecule has 132 valence electrons. The highest BCUT2D eigenvalue weighted by molar-refractivity contribution is 7.89. The van der Waals surface area contributed by atoms with Crippen molar-refractivity contribution in [1.29, 1.82) is 0 Å². The van der Waals surface area contributed by atoms with Gasteiger partial charge in [-0.3, -0.25) is 4.90 Å². The average molecular weight is 356 g/mol. The molecule has 0 spiro atoms. The molecule has 0 aliphatic carbocycles. The first kappa shape index (κ1) is 16.4. The lowest BCUT2D eigenvalue weighted by molar-refractivity contribution is 0.0123. The molecule has 4 saturated heterocycles. The highest BCUT2D eigenvalue weighted by Gasteiger charge is 2.56. The molecule has 4 heterocycles. The van der Waals surface area contributed by atoms with Gasteiger partial charge in [0.05, 0.1) is 5.75 Å². The summed E-state index contributed by atoms with van der Waals surface area (Å²) in [6.07, 6.45) is 2.00. The summed E-state index contributed by atoms with van der Waals surface area (Å²) in [5, 5.41) is 0. The third kappa shape index (κ3) is 2.48. The van der Waals surface area contributed by atoms with Crippen molar-refractivity contribution in [1.82, 2.24) is 9.21 Å². The second-order valence-electron chi connectivity index (χ2n) is 7.13. The Kier molecular flexibility index (Phi) is 3.93. The number of piperidine rings is 3. The number of fused-ring (bicyclic) bond motifs is 2. The maximum Gasteiger partial charge on any atom is 0.214 e. The van der Waals surface area contributed by atoms with Crippen LogP contribution >= 0.6 is 0 Å². The fraction of sp³-hybridized carbons (Fsp3) is 0.647. The molecule has 4 aliphatic rings. The molecule has 3 atom stereocenters. The van der Waals surface area contributed by atoms with Gasteiger partial charge in [-0.05, 0) is 56.5 Å². The van der Waals surface area contributed by atoms with Gasteiger partial charge < -0.3 is 0 Å². The van der Waals surface area contributed by atoms with Crippen molar-refractivity contribution in [2.24, 2.45) is 5.92 Å². The monoisotopic (exact) mass is 356 g/mol. The third-order valence-corrected chi connectivity index (χ3v) is 7.82. The van der Waals surface area contributed by atoms with Gasteiger partial charge in [0.2, 0.25) is 10.0 Å². The summed E-state index contributed by atoms with van der Waals surface area (Å²) in [7, 11) is -3.33. The molecule has 2 bridgehead atoms. The number of nitrogens with zero attached hydrogens (tertiary/aromatic N) is 2. The first-order chi connectivity index (χ1) is 11.4. The van der Waals surface area contributed by atoms with Crippen molar-refractivity contribution >= 4 is 10.0 Å². The zero-order valence-electron chi connectivity index (χ0n) is 13.7. The van der Waals surface area contributed by atoms with E-state index in [1.54, 1.807) is 11.2 Å². The summed E-state index contributed by atoms with van der Waals surface area (Å²) < 4.78 is 54.2. The molecule has 0 aromatic heterocycles. The number of hydrogen-bond donors (Lipinski definition) is 0. The molecule has 4 nitrogen and oxygen atoms in total. The van der Waals surface area contributed by atoms with Crippen molar-refractivity contribution in [3.8, 4) is 0 Å². The van der Waals surface area contributed by atoms with Crippen molar-refractivity contribution in [2.75, 3.05) is 25.4 Å². The lowest BCUT2D eigenvalue weighted by Crippen LogP contribution is -2.60. The fourth-order valence-corrected chi connectivity index (χ4v) is 6.32. The molecule has 0 amide bonds. The largest absolute Gasteiger partial charge is 0.298 e. The van der Waals surface area contributed by atoms with Crippen LogP contribution in [0.5, 0.6) is 0 Å². The van der Waals surface area contributed by atoms with Crippen LogP contribution in [0.15, 0.2) is 18.2 Å². The zero-order valence-corrected chi connectivity index (χ0v) is 14.5. The molecule has 0 unspecified atom stereocenters. The summed E-state index contributed by atoms with van der Waals surface area (Å²) >= 11 is 0. The molecule has 0 saturated carbocycles. The molecule has 1 aromatic carbocycles. The normalized spacial score (nSPS) is 36.0. The minimum absolute atomic E-state index is 0.0278. The average Bonchev–Trinajstić information content (AvgIpc) is 2.98. The molecule has 4 aliphatic heterocycles. The molecule has 1 aromatic rings. The molecule has 4 fully saturated rings. The maximum atomic E-state index is 13.7. The van der Waals surface area contributed by atoms with E-state index in [9.17, 15) is 17.2 Å². The lowest BCUT2D eigenvalue weighted by atomic mass is 9.75. The van der Waals surface area contributed by atoms with Gasteiger partial charge in [0, 0.05) is 30.6 Å². The Balaban J connectivity index is 1.78. The topological polar surface area (TPSA) is 40.6 Å². The second-order valence-corrected chi connectivity index (χ2v) is 9.34. The van der Waals surface area contributed by atoms with Gasteiger partial charge in [-0.1, -0.05) is 0 Å². The molecule has 5 rings (SSSR count). The van der Waals surface area contributed by atoms with Crippen molar-refractivity contribution in [2.45, 2.75) is 37.8 Å². The number of rotatable bonds is 3. The number of hydrogen-bond acceptors (Lipinski definition) is 3. The first-order valence-electron chi connectivity index (χ1n) is 8.60. The van der Waals surface area contributed by atoms with Crippen molar-refractivity contribution < 1.29 is 17.2 Å². The van der Waals surface area contributed by atoms with Gasteiger partial charge in [0.15, 0.2) is 0 Å². The number of sulfonamides is 1. The Bertz CT molecular complexity index is 727. The summed E-state index contributed by atoms with van der Waals surface area (Å²) in [5.74, 6) is -0.967. The molecule has 0 radical (unpaired) electrons. The van der Waals surface area contributed by atoms with Crippen LogP contribution in [0.1, 0.15) is 31.2 Å². The fourth-order valence-electron chi connectivity index (χ4n) is 4.93. The summed E-state index contributed by atoms with van der Waals surface area (Å²) in [6, 6.07) is 3.55. The van der Waals surface area contributed by atoms with E-state index in [2.05, 4.69) is 4.90 Å². The van der Waals surface area contributed by atoms with Gasteiger partial charge in [-0.15, -0.1) is 0 Å². The van der Waals surface area contributed by atoms with E-state index in [-0.39, 0.29) is 23.8 Å². The van der Waals surface area contributed by atoms with Crippen LogP contribution in [-0.2, 0) is 10.0 Å². The summed E-state index contributed by atoms with van der Waals surface area (Å²) in [5.41, 5.74) is 0.573. The van der Waals surface area contributed by atoms with E-state index in [0.717, 1.165) is 32.0 Å². The van der Waals surface area contributed by atoms with Gasteiger partial charge in [-0.2, -0.15) is 4.31 Å². The Labute approximate surface area is 141 Å². The molecule has 24 heavy (non-hydrogen) atoms. The lowest BCUT2D eigenvalue weighted by Gasteiger charge is -2.50. The van der Waals surface area contributed by atoms with Crippen LogP contribution in [0, 0.1) is 17.6 Å². The Hall–Kier alpha value is -1.05. The third-order valence-electron chi connectivity index (χ3n) is 5.99. The predicted molar refractivity (Wildman–Crippen MR) is 87.1 cm³/mol. The van der Waals surface area contributed by atoms with Gasteiger partial charge in [-0.25, -0.2) is 17.2 Å². The van der Waals surface area contributed by atoms with E-state index >= 15 is 0 Å². The molecule has 0 N–H and O–H groups in total. The van der Waals surface area contributed by atoms with Crippen LogP contribution in [-0.4, -0.2) is 55.1 Å². The van der Waals surface area contributed by atoms with Crippen LogP contribution in [0.25, 0.3) is 0 Å². The maximum absolute atomic E-state index is 13.7. The van der Waals surface area contributed by atoms with Gasteiger partial charge in [0.25, 0.3) is 0 Å². The molecular formula is C17H22F2N2O2S.